The molecule has 1 aromatic heterocycles. The maximum atomic E-state index is 12.2. The number of rotatable bonds is 6. The minimum Gasteiger partial charge on any atom is -0.392 e. The van der Waals surface area contributed by atoms with Crippen molar-refractivity contribution in [2.45, 2.75) is 25.7 Å². The Morgan fingerprint density at radius 1 is 1.24 bits per heavy atom. The molecule has 1 aromatic carbocycles. The van der Waals surface area contributed by atoms with Crippen molar-refractivity contribution in [2.75, 3.05) is 4.72 Å². The average molecular weight is 309 g/mol. The molecule has 2 aromatic rings. The predicted octanol–water partition coefficient (Wildman–Crippen LogP) is 1.42. The Balaban J connectivity index is 2.14. The molecule has 21 heavy (non-hydrogen) atoms. The van der Waals surface area contributed by atoms with Gasteiger partial charge in [-0.25, -0.2) is 8.42 Å². The lowest BCUT2D eigenvalue weighted by Gasteiger charge is -2.08. The minimum absolute atomic E-state index is 0.0547. The largest absolute Gasteiger partial charge is 0.392 e. The summed E-state index contributed by atoms with van der Waals surface area (Å²) in [6, 6.07) is 6.84. The van der Waals surface area contributed by atoms with Crippen molar-refractivity contribution < 1.29 is 13.5 Å². The minimum atomic E-state index is -3.49. The van der Waals surface area contributed by atoms with Crippen LogP contribution in [0.2, 0.25) is 0 Å². The lowest BCUT2D eigenvalue weighted by Crippen LogP contribution is -2.15. The van der Waals surface area contributed by atoms with Gasteiger partial charge in [0, 0.05) is 13.2 Å². The highest BCUT2D eigenvalue weighted by Crippen LogP contribution is 2.17. The maximum Gasteiger partial charge on any atom is 0.237 e. The first-order valence-electron chi connectivity index (χ1n) is 6.65. The summed E-state index contributed by atoms with van der Waals surface area (Å²) in [4.78, 5) is 0. The second kappa shape index (κ2) is 6.28. The lowest BCUT2D eigenvalue weighted by atomic mass is 10.2. The highest BCUT2D eigenvalue weighted by Gasteiger charge is 2.15. The third-order valence-electron chi connectivity index (χ3n) is 3.07. The molecule has 0 aliphatic heterocycles. The molecular formula is C14H19N3O3S. The van der Waals surface area contributed by atoms with E-state index in [0.717, 1.165) is 11.3 Å². The van der Waals surface area contributed by atoms with Gasteiger partial charge in [-0.2, -0.15) is 5.10 Å². The van der Waals surface area contributed by atoms with Crippen LogP contribution in [-0.4, -0.2) is 23.3 Å². The number of aliphatic hydroxyl groups excluding tert-OH is 1. The molecule has 114 valence electrons. The van der Waals surface area contributed by atoms with Crippen LogP contribution in [-0.2, 0) is 35.9 Å². The first-order valence-corrected chi connectivity index (χ1v) is 8.30. The molecule has 0 unspecified atom stereocenters. The zero-order chi connectivity index (χ0) is 15.5. The standard InChI is InChI=1S/C14H19N3O3S/c1-3-13-14(8-17(2)15-13)16-21(19,20)10-12-6-4-11(9-18)5-7-12/h4-8,16,18H,3,9-10H2,1-2H3. The highest BCUT2D eigenvalue weighted by atomic mass is 32.2. The van der Waals surface area contributed by atoms with E-state index in [1.807, 2.05) is 6.92 Å². The molecule has 0 fully saturated rings. The third kappa shape index (κ3) is 4.05. The molecule has 0 amide bonds. The Morgan fingerprint density at radius 2 is 1.86 bits per heavy atom. The van der Waals surface area contributed by atoms with Crippen molar-refractivity contribution in [1.82, 2.24) is 9.78 Å². The summed E-state index contributed by atoms with van der Waals surface area (Å²) < 4.78 is 28.6. The average Bonchev–Trinajstić information content (AvgIpc) is 2.78. The van der Waals surface area contributed by atoms with E-state index in [2.05, 4.69) is 9.82 Å². The SMILES string of the molecule is CCc1nn(C)cc1NS(=O)(=O)Cc1ccc(CO)cc1. The molecule has 0 radical (unpaired) electrons. The van der Waals surface area contributed by atoms with E-state index in [1.54, 1.807) is 42.2 Å². The number of aliphatic hydroxyl groups is 1. The topological polar surface area (TPSA) is 84.2 Å². The Bertz CT molecular complexity index is 706. The molecule has 0 bridgehead atoms. The summed E-state index contributed by atoms with van der Waals surface area (Å²) in [5, 5.41) is 13.2. The summed E-state index contributed by atoms with van der Waals surface area (Å²) in [6.07, 6.45) is 2.31. The van der Waals surface area contributed by atoms with Crippen LogP contribution < -0.4 is 4.72 Å². The molecular weight excluding hydrogens is 290 g/mol. The summed E-state index contributed by atoms with van der Waals surface area (Å²) >= 11 is 0. The van der Waals surface area contributed by atoms with Gasteiger partial charge in [-0.1, -0.05) is 31.2 Å². The van der Waals surface area contributed by atoms with Gasteiger partial charge >= 0.3 is 0 Å². The van der Waals surface area contributed by atoms with Crippen LogP contribution in [0.1, 0.15) is 23.7 Å². The monoisotopic (exact) mass is 309 g/mol. The molecule has 0 saturated carbocycles. The van der Waals surface area contributed by atoms with E-state index in [-0.39, 0.29) is 12.4 Å². The molecule has 0 spiro atoms. The van der Waals surface area contributed by atoms with Crippen molar-refractivity contribution in [3.63, 3.8) is 0 Å². The molecule has 2 N–H and O–H groups in total. The van der Waals surface area contributed by atoms with Gasteiger partial charge in [0.15, 0.2) is 0 Å². The number of aryl methyl sites for hydroxylation is 2. The van der Waals surface area contributed by atoms with E-state index in [4.69, 9.17) is 5.11 Å². The zero-order valence-corrected chi connectivity index (χ0v) is 12.9. The Morgan fingerprint density at radius 3 is 2.43 bits per heavy atom. The summed E-state index contributed by atoms with van der Waals surface area (Å²) in [5.41, 5.74) is 2.66. The van der Waals surface area contributed by atoms with Gasteiger partial charge in [-0.15, -0.1) is 0 Å². The second-order valence-corrected chi connectivity index (χ2v) is 6.57. The van der Waals surface area contributed by atoms with Crippen molar-refractivity contribution in [3.8, 4) is 0 Å². The Hall–Kier alpha value is -1.86. The smallest absolute Gasteiger partial charge is 0.237 e. The van der Waals surface area contributed by atoms with E-state index >= 15 is 0 Å². The van der Waals surface area contributed by atoms with E-state index in [0.29, 0.717) is 17.7 Å². The van der Waals surface area contributed by atoms with Crippen molar-refractivity contribution in [3.05, 3.63) is 47.3 Å². The van der Waals surface area contributed by atoms with Gasteiger partial charge in [-0.3, -0.25) is 9.40 Å². The zero-order valence-electron chi connectivity index (χ0n) is 12.1. The van der Waals surface area contributed by atoms with Crippen LogP contribution in [0, 0.1) is 0 Å². The first-order chi connectivity index (χ1) is 9.93. The number of hydrogen-bond donors (Lipinski definition) is 2. The molecule has 0 aliphatic rings. The van der Waals surface area contributed by atoms with Crippen LogP contribution >= 0.6 is 0 Å². The fourth-order valence-electron chi connectivity index (χ4n) is 2.04. The van der Waals surface area contributed by atoms with Gasteiger partial charge in [0.05, 0.1) is 23.7 Å². The normalized spacial score (nSPS) is 11.6. The van der Waals surface area contributed by atoms with Crippen LogP contribution in [0.4, 0.5) is 5.69 Å². The Labute approximate surface area is 124 Å². The molecule has 1 heterocycles. The number of nitrogens with zero attached hydrogens (tertiary/aromatic N) is 2. The molecule has 0 saturated heterocycles. The number of benzene rings is 1. The third-order valence-corrected chi connectivity index (χ3v) is 4.31. The number of aromatic nitrogens is 2. The number of sulfonamides is 1. The first kappa shape index (κ1) is 15.5. The van der Waals surface area contributed by atoms with E-state index in [1.165, 1.54) is 0 Å². The maximum absolute atomic E-state index is 12.2. The van der Waals surface area contributed by atoms with Crippen molar-refractivity contribution in [2.24, 2.45) is 7.05 Å². The van der Waals surface area contributed by atoms with Crippen LogP contribution in [0.15, 0.2) is 30.5 Å². The van der Waals surface area contributed by atoms with Gasteiger partial charge in [-0.05, 0) is 17.5 Å². The molecule has 0 aliphatic carbocycles. The van der Waals surface area contributed by atoms with E-state index < -0.39 is 10.0 Å². The predicted molar refractivity (Wildman–Crippen MR) is 81.2 cm³/mol. The Kier molecular flexibility index (Phi) is 4.64. The molecule has 0 atom stereocenters. The van der Waals surface area contributed by atoms with Gasteiger partial charge in [0.25, 0.3) is 0 Å². The second-order valence-electron chi connectivity index (χ2n) is 4.85. The number of anilines is 1. The van der Waals surface area contributed by atoms with Crippen LogP contribution in [0.5, 0.6) is 0 Å². The van der Waals surface area contributed by atoms with Crippen LogP contribution in [0.3, 0.4) is 0 Å². The molecule has 2 rings (SSSR count). The number of nitrogens with one attached hydrogen (secondary N) is 1. The summed E-state index contributed by atoms with van der Waals surface area (Å²) in [5.74, 6) is -0.114. The van der Waals surface area contributed by atoms with Gasteiger partial charge < -0.3 is 5.11 Å². The van der Waals surface area contributed by atoms with Gasteiger partial charge in [0.1, 0.15) is 0 Å². The lowest BCUT2D eigenvalue weighted by molar-refractivity contribution is 0.282. The summed E-state index contributed by atoms with van der Waals surface area (Å²) in [6.45, 7) is 1.87. The van der Waals surface area contributed by atoms with E-state index in [9.17, 15) is 8.42 Å². The molecule has 7 heteroatoms. The fraction of sp³-hybridized carbons (Fsp3) is 0.357. The highest BCUT2D eigenvalue weighted by molar-refractivity contribution is 7.91. The quantitative estimate of drug-likeness (QED) is 0.845. The van der Waals surface area contributed by atoms with Gasteiger partial charge in [0.2, 0.25) is 10.0 Å². The fourth-order valence-corrected chi connectivity index (χ4v) is 3.25. The van der Waals surface area contributed by atoms with Crippen molar-refractivity contribution >= 4 is 15.7 Å². The van der Waals surface area contributed by atoms with Crippen LogP contribution in [0.25, 0.3) is 0 Å². The number of hydrogen-bond acceptors (Lipinski definition) is 4. The summed E-state index contributed by atoms with van der Waals surface area (Å²) in [7, 11) is -1.74. The molecule has 6 nitrogen and oxygen atoms in total. The van der Waals surface area contributed by atoms with Crippen molar-refractivity contribution in [1.29, 1.82) is 0 Å².